The van der Waals surface area contributed by atoms with E-state index in [1.54, 1.807) is 6.07 Å². The number of hydrogen-bond donors (Lipinski definition) is 0. The number of aryl methyl sites for hydroxylation is 1. The third-order valence-corrected chi connectivity index (χ3v) is 8.64. The summed E-state index contributed by atoms with van der Waals surface area (Å²) in [5.41, 5.74) is 2.73. The Morgan fingerprint density at radius 1 is 0.750 bits per heavy atom. The Kier molecular flexibility index (Phi) is 9.93. The lowest BCUT2D eigenvalue weighted by molar-refractivity contribution is 0.0130. The average Bonchev–Trinajstić information content (AvgIpc) is 2.90. The zero-order valence-corrected chi connectivity index (χ0v) is 22.1. The summed E-state index contributed by atoms with van der Waals surface area (Å²) >= 11 is 0. The van der Waals surface area contributed by atoms with Gasteiger partial charge in [-0.2, -0.15) is 0 Å². The van der Waals surface area contributed by atoms with Crippen LogP contribution in [-0.4, -0.2) is 6.10 Å². The number of benzene rings is 2. The molecule has 0 unspecified atom stereocenters. The van der Waals surface area contributed by atoms with Gasteiger partial charge < -0.3 is 4.74 Å². The summed E-state index contributed by atoms with van der Waals surface area (Å²) in [7, 11) is 0. The quantitative estimate of drug-likeness (QED) is 0.315. The monoisotopic (exact) mass is 500 g/mol. The van der Waals surface area contributed by atoms with Crippen molar-refractivity contribution in [3.63, 3.8) is 0 Å². The molecule has 2 aliphatic rings. The molecular formula is C32H43F3O. The minimum absolute atomic E-state index is 0.0315. The molecule has 4 heteroatoms. The fourth-order valence-corrected chi connectivity index (χ4v) is 6.39. The molecule has 2 aromatic carbocycles. The van der Waals surface area contributed by atoms with Gasteiger partial charge in [-0.25, -0.2) is 13.2 Å². The fourth-order valence-electron chi connectivity index (χ4n) is 6.39. The van der Waals surface area contributed by atoms with Crippen LogP contribution in [0.15, 0.2) is 30.3 Å². The molecule has 2 saturated carbocycles. The molecule has 0 radical (unpaired) electrons. The van der Waals surface area contributed by atoms with Crippen molar-refractivity contribution in [2.75, 3.05) is 0 Å². The van der Waals surface area contributed by atoms with Crippen molar-refractivity contribution >= 4 is 0 Å². The van der Waals surface area contributed by atoms with Crippen molar-refractivity contribution in [2.24, 2.45) is 5.92 Å². The van der Waals surface area contributed by atoms with Gasteiger partial charge in [0.05, 0.1) is 12.7 Å². The number of hydrogen-bond acceptors (Lipinski definition) is 1. The lowest BCUT2D eigenvalue weighted by Gasteiger charge is -2.31. The largest absolute Gasteiger partial charge is 0.374 e. The van der Waals surface area contributed by atoms with Crippen molar-refractivity contribution in [3.8, 4) is 0 Å². The van der Waals surface area contributed by atoms with Gasteiger partial charge in [0.2, 0.25) is 0 Å². The van der Waals surface area contributed by atoms with E-state index in [0.29, 0.717) is 17.7 Å². The zero-order valence-electron chi connectivity index (χ0n) is 22.1. The summed E-state index contributed by atoms with van der Waals surface area (Å²) in [4.78, 5) is 0. The second-order valence-electron chi connectivity index (χ2n) is 11.2. The van der Waals surface area contributed by atoms with Gasteiger partial charge in [-0.3, -0.25) is 0 Å². The van der Waals surface area contributed by atoms with Crippen LogP contribution < -0.4 is 0 Å². The third kappa shape index (κ3) is 6.73. The Balaban J connectivity index is 1.28. The van der Waals surface area contributed by atoms with Gasteiger partial charge in [0.25, 0.3) is 0 Å². The molecule has 2 fully saturated rings. The van der Waals surface area contributed by atoms with Crippen LogP contribution in [0, 0.1) is 23.4 Å². The standard InChI is InChI=1S/C32H43F3O/c1-3-5-7-26-13-10-23(20-30(26)33)21-36-27-16-14-25(15-17-27)29-19-18-28(31(34)32(29)35)24-11-8-22(6-4-2)9-12-24/h10,13,18-20,22,24-25,27H,3-9,11-12,14-17,21H2,1-2H3. The van der Waals surface area contributed by atoms with Crippen LogP contribution >= 0.6 is 0 Å². The van der Waals surface area contributed by atoms with Crippen molar-refractivity contribution in [3.05, 3.63) is 70.0 Å². The van der Waals surface area contributed by atoms with E-state index in [2.05, 4.69) is 13.8 Å². The van der Waals surface area contributed by atoms with Crippen LogP contribution in [-0.2, 0) is 17.8 Å². The predicted octanol–water partition coefficient (Wildman–Crippen LogP) is 9.76. The smallest absolute Gasteiger partial charge is 0.162 e. The molecule has 2 aromatic rings. The molecule has 0 heterocycles. The van der Waals surface area contributed by atoms with Crippen LogP contribution in [0.1, 0.15) is 125 Å². The van der Waals surface area contributed by atoms with E-state index in [4.69, 9.17) is 4.74 Å². The Hall–Kier alpha value is -1.81. The average molecular weight is 501 g/mol. The van der Waals surface area contributed by atoms with Crippen molar-refractivity contribution in [1.29, 1.82) is 0 Å². The summed E-state index contributed by atoms with van der Waals surface area (Å²) in [5, 5.41) is 0. The highest BCUT2D eigenvalue weighted by Gasteiger charge is 2.29. The maximum absolute atomic E-state index is 15.2. The van der Waals surface area contributed by atoms with Gasteiger partial charge >= 0.3 is 0 Å². The minimum atomic E-state index is -0.633. The molecule has 0 spiro atoms. The first kappa shape index (κ1) is 27.2. The number of ether oxygens (including phenoxy) is 1. The van der Waals surface area contributed by atoms with Crippen LogP contribution in [0.5, 0.6) is 0 Å². The Morgan fingerprint density at radius 2 is 1.36 bits per heavy atom. The Morgan fingerprint density at radius 3 is 1.92 bits per heavy atom. The predicted molar refractivity (Wildman–Crippen MR) is 141 cm³/mol. The molecule has 0 aromatic heterocycles. The van der Waals surface area contributed by atoms with Gasteiger partial charge in [-0.05, 0) is 110 Å². The third-order valence-electron chi connectivity index (χ3n) is 8.64. The van der Waals surface area contributed by atoms with Gasteiger partial charge in [0, 0.05) is 0 Å². The highest BCUT2D eigenvalue weighted by atomic mass is 19.2. The van der Waals surface area contributed by atoms with E-state index in [9.17, 15) is 4.39 Å². The van der Waals surface area contributed by atoms with E-state index in [-0.39, 0.29) is 23.8 Å². The zero-order chi connectivity index (χ0) is 25.5. The molecule has 0 amide bonds. The topological polar surface area (TPSA) is 9.23 Å². The van der Waals surface area contributed by atoms with E-state index in [1.807, 2.05) is 24.3 Å². The molecule has 0 N–H and O–H groups in total. The van der Waals surface area contributed by atoms with E-state index in [0.717, 1.165) is 87.7 Å². The molecule has 1 nitrogen and oxygen atoms in total. The molecule has 198 valence electrons. The minimum Gasteiger partial charge on any atom is -0.374 e. The summed E-state index contributed by atoms with van der Waals surface area (Å²) in [6.45, 7) is 4.71. The second kappa shape index (κ2) is 13.1. The molecule has 36 heavy (non-hydrogen) atoms. The molecule has 0 bridgehead atoms. The molecular weight excluding hydrogens is 457 g/mol. The number of halogens is 3. The first-order chi connectivity index (χ1) is 17.5. The van der Waals surface area contributed by atoms with Crippen molar-refractivity contribution in [1.82, 2.24) is 0 Å². The fraction of sp³-hybridized carbons (Fsp3) is 0.625. The van der Waals surface area contributed by atoms with Crippen LogP contribution in [0.3, 0.4) is 0 Å². The van der Waals surface area contributed by atoms with Crippen molar-refractivity contribution < 1.29 is 17.9 Å². The van der Waals surface area contributed by atoms with E-state index in [1.165, 1.54) is 12.8 Å². The highest BCUT2D eigenvalue weighted by Crippen LogP contribution is 2.41. The first-order valence-electron chi connectivity index (χ1n) is 14.4. The van der Waals surface area contributed by atoms with Gasteiger partial charge in [-0.15, -0.1) is 0 Å². The van der Waals surface area contributed by atoms with Gasteiger partial charge in [0.1, 0.15) is 5.82 Å². The summed E-state index contributed by atoms with van der Waals surface area (Å²) < 4.78 is 50.7. The van der Waals surface area contributed by atoms with Crippen LogP contribution in [0.25, 0.3) is 0 Å². The normalized spacial score (nSPS) is 24.7. The number of rotatable bonds is 10. The summed E-state index contributed by atoms with van der Waals surface area (Å²) in [6, 6.07) is 9.13. The van der Waals surface area contributed by atoms with Gasteiger partial charge in [0.15, 0.2) is 11.6 Å². The lowest BCUT2D eigenvalue weighted by Crippen LogP contribution is -2.22. The SMILES string of the molecule is CCCCc1ccc(COC2CCC(c3ccc(C4CCC(CCC)CC4)c(F)c3F)CC2)cc1F. The first-order valence-corrected chi connectivity index (χ1v) is 14.4. The molecule has 4 rings (SSSR count). The second-order valence-corrected chi connectivity index (χ2v) is 11.2. The molecule has 2 aliphatic carbocycles. The summed E-state index contributed by atoms with van der Waals surface area (Å²) in [6.07, 6.45) is 12.7. The lowest BCUT2D eigenvalue weighted by atomic mass is 9.76. The van der Waals surface area contributed by atoms with Gasteiger partial charge in [-0.1, -0.05) is 57.4 Å². The highest BCUT2D eigenvalue weighted by molar-refractivity contribution is 5.32. The maximum atomic E-state index is 15.2. The van der Waals surface area contributed by atoms with Crippen LogP contribution in [0.2, 0.25) is 0 Å². The van der Waals surface area contributed by atoms with Crippen molar-refractivity contribution in [2.45, 2.75) is 122 Å². The molecule has 0 atom stereocenters. The van der Waals surface area contributed by atoms with E-state index < -0.39 is 11.6 Å². The molecule has 0 saturated heterocycles. The Bertz CT molecular complexity index is 972. The maximum Gasteiger partial charge on any atom is 0.162 e. The Labute approximate surface area is 215 Å². The molecule has 0 aliphatic heterocycles. The summed E-state index contributed by atoms with van der Waals surface area (Å²) in [5.74, 6) is -0.469. The van der Waals surface area contributed by atoms with Crippen LogP contribution in [0.4, 0.5) is 13.2 Å². The van der Waals surface area contributed by atoms with E-state index >= 15 is 8.78 Å². The number of unbranched alkanes of at least 4 members (excludes halogenated alkanes) is 1.